The van der Waals surface area contributed by atoms with Crippen molar-refractivity contribution in [2.24, 2.45) is 0 Å². The van der Waals surface area contributed by atoms with Crippen molar-refractivity contribution in [2.75, 3.05) is 6.61 Å². The summed E-state index contributed by atoms with van der Waals surface area (Å²) in [6.07, 6.45) is 15.6. The van der Waals surface area contributed by atoms with Crippen molar-refractivity contribution >= 4 is 5.97 Å². The maximum Gasteiger partial charge on any atom is 0.336 e. The Hall–Kier alpha value is -2.43. The van der Waals surface area contributed by atoms with Gasteiger partial charge in [0.1, 0.15) is 0 Å². The highest BCUT2D eigenvalue weighted by Gasteiger charge is 2.20. The van der Waals surface area contributed by atoms with Gasteiger partial charge in [0.25, 0.3) is 0 Å². The van der Waals surface area contributed by atoms with E-state index in [4.69, 9.17) is 4.74 Å². The Morgan fingerprint density at radius 2 is 1.34 bits per heavy atom. The van der Waals surface area contributed by atoms with Gasteiger partial charge in [-0.3, -0.25) is 0 Å². The van der Waals surface area contributed by atoms with Crippen molar-refractivity contribution in [3.05, 3.63) is 53.1 Å². The zero-order chi connectivity index (χ0) is 25.5. The predicted molar refractivity (Wildman–Crippen MR) is 139 cm³/mol. The summed E-state index contributed by atoms with van der Waals surface area (Å²) in [6.45, 7) is 4.68. The lowest BCUT2D eigenvalue weighted by Gasteiger charge is -2.13. The molecular weight excluding hydrogens is 446 g/mol. The number of unbranched alkanes of at least 4 members (excludes halogenated alkanes) is 11. The van der Waals surface area contributed by atoms with Crippen LogP contribution in [-0.4, -0.2) is 17.7 Å². The molecule has 194 valence electrons. The third kappa shape index (κ3) is 9.62. The highest BCUT2D eigenvalue weighted by atomic mass is 19.2. The molecule has 0 radical (unpaired) electrons. The van der Waals surface area contributed by atoms with Gasteiger partial charge in [0.2, 0.25) is 5.82 Å². The highest BCUT2D eigenvalue weighted by Crippen LogP contribution is 2.33. The van der Waals surface area contributed by atoms with Crippen molar-refractivity contribution in [1.29, 1.82) is 0 Å². The Kier molecular flexibility index (Phi) is 13.4. The summed E-state index contributed by atoms with van der Waals surface area (Å²) in [6, 6.07) is 7.79. The first-order chi connectivity index (χ1) is 17.0. The average molecular weight is 489 g/mol. The maximum atomic E-state index is 15.0. The number of carboxylic acids is 1. The Morgan fingerprint density at radius 1 is 0.743 bits per heavy atom. The fourth-order valence-corrected chi connectivity index (χ4v) is 4.36. The molecule has 2 aromatic rings. The van der Waals surface area contributed by atoms with Gasteiger partial charge < -0.3 is 9.84 Å². The molecule has 0 spiro atoms. The number of hydrogen-bond acceptors (Lipinski definition) is 2. The molecule has 5 heteroatoms. The van der Waals surface area contributed by atoms with Crippen LogP contribution in [0.3, 0.4) is 0 Å². The van der Waals surface area contributed by atoms with Crippen molar-refractivity contribution < 1.29 is 23.4 Å². The van der Waals surface area contributed by atoms with E-state index >= 15 is 4.39 Å². The highest BCUT2D eigenvalue weighted by molar-refractivity contribution is 5.96. The molecule has 0 heterocycles. The van der Waals surface area contributed by atoms with Crippen LogP contribution < -0.4 is 4.74 Å². The van der Waals surface area contributed by atoms with E-state index in [9.17, 15) is 14.3 Å². The van der Waals surface area contributed by atoms with Crippen LogP contribution in [0.25, 0.3) is 11.1 Å². The minimum atomic E-state index is -1.16. The number of rotatable bonds is 18. The average Bonchev–Trinajstić information content (AvgIpc) is 2.85. The van der Waals surface area contributed by atoms with E-state index in [0.29, 0.717) is 6.61 Å². The van der Waals surface area contributed by atoms with Crippen molar-refractivity contribution in [1.82, 2.24) is 0 Å². The molecule has 0 aromatic heterocycles. The van der Waals surface area contributed by atoms with E-state index in [0.717, 1.165) is 56.9 Å². The van der Waals surface area contributed by atoms with E-state index in [1.54, 1.807) is 12.1 Å². The van der Waals surface area contributed by atoms with Crippen LogP contribution >= 0.6 is 0 Å². The number of ether oxygens (including phenoxy) is 1. The summed E-state index contributed by atoms with van der Waals surface area (Å²) in [5.41, 5.74) is 1.06. The molecule has 1 N–H and O–H groups in total. The van der Waals surface area contributed by atoms with E-state index in [1.165, 1.54) is 56.7 Å². The van der Waals surface area contributed by atoms with Gasteiger partial charge in [-0.2, -0.15) is 4.39 Å². The first kappa shape index (κ1) is 28.8. The lowest BCUT2D eigenvalue weighted by molar-refractivity contribution is 0.0697. The number of benzene rings is 2. The summed E-state index contributed by atoms with van der Waals surface area (Å²) in [5.74, 6) is -3.43. The number of aryl methyl sites for hydroxylation is 1. The summed E-state index contributed by atoms with van der Waals surface area (Å²) in [4.78, 5) is 11.8. The molecule has 0 amide bonds. The SMILES string of the molecule is CCCCCCCCCCc1ccc(C(=O)O)c(-c2ccc(OCCCCCCC)c(F)c2F)c1. The summed E-state index contributed by atoms with van der Waals surface area (Å²) >= 11 is 0. The lowest BCUT2D eigenvalue weighted by Crippen LogP contribution is -2.05. The molecule has 0 fully saturated rings. The van der Waals surface area contributed by atoms with Gasteiger partial charge >= 0.3 is 5.97 Å². The molecule has 0 atom stereocenters. The Balaban J connectivity index is 2.04. The number of aromatic carboxylic acids is 1. The molecule has 0 unspecified atom stereocenters. The first-order valence-corrected chi connectivity index (χ1v) is 13.5. The Labute approximate surface area is 209 Å². The fourth-order valence-electron chi connectivity index (χ4n) is 4.36. The van der Waals surface area contributed by atoms with Crippen LogP contribution in [0.5, 0.6) is 5.75 Å². The van der Waals surface area contributed by atoms with Crippen molar-refractivity contribution in [3.8, 4) is 16.9 Å². The van der Waals surface area contributed by atoms with E-state index in [1.807, 2.05) is 0 Å². The number of halogens is 2. The topological polar surface area (TPSA) is 46.5 Å². The van der Waals surface area contributed by atoms with Crippen LogP contribution in [0.15, 0.2) is 30.3 Å². The maximum absolute atomic E-state index is 15.0. The molecule has 0 saturated carbocycles. The molecule has 2 rings (SSSR count). The first-order valence-electron chi connectivity index (χ1n) is 13.5. The molecule has 2 aromatic carbocycles. The largest absolute Gasteiger partial charge is 0.490 e. The molecule has 35 heavy (non-hydrogen) atoms. The standard InChI is InChI=1S/C30H42F2O3/c1-3-5-7-9-10-11-12-14-16-23-17-18-25(30(33)34)26(22-23)24-19-20-27(29(32)28(24)31)35-21-15-13-8-6-4-2/h17-20,22H,3-16,21H2,1-2H3,(H,33,34). The van der Waals surface area contributed by atoms with Crippen LogP contribution in [0, 0.1) is 11.6 Å². The zero-order valence-corrected chi connectivity index (χ0v) is 21.5. The Morgan fingerprint density at radius 3 is 1.97 bits per heavy atom. The molecule has 0 aliphatic rings. The van der Waals surface area contributed by atoms with Crippen LogP contribution in [-0.2, 0) is 6.42 Å². The smallest absolute Gasteiger partial charge is 0.336 e. The fraction of sp³-hybridized carbons (Fsp3) is 0.567. The number of carbonyl (C=O) groups is 1. The molecule has 0 aliphatic carbocycles. The number of hydrogen-bond donors (Lipinski definition) is 1. The van der Waals surface area contributed by atoms with E-state index < -0.39 is 17.6 Å². The normalized spacial score (nSPS) is 11.1. The minimum absolute atomic E-state index is 0.0347. The second-order valence-corrected chi connectivity index (χ2v) is 9.41. The van der Waals surface area contributed by atoms with Gasteiger partial charge in [0.05, 0.1) is 12.2 Å². The van der Waals surface area contributed by atoms with Crippen molar-refractivity contribution in [2.45, 2.75) is 104 Å². The summed E-state index contributed by atoms with van der Waals surface area (Å²) < 4.78 is 35.3. The second kappa shape index (κ2) is 16.3. The van der Waals surface area contributed by atoms with E-state index in [2.05, 4.69) is 13.8 Å². The van der Waals surface area contributed by atoms with Gasteiger partial charge in [-0.25, -0.2) is 9.18 Å². The Bertz CT molecular complexity index is 911. The third-order valence-corrected chi connectivity index (χ3v) is 6.48. The molecule has 3 nitrogen and oxygen atoms in total. The van der Waals surface area contributed by atoms with Gasteiger partial charge in [-0.1, -0.05) is 96.6 Å². The van der Waals surface area contributed by atoms with Gasteiger partial charge in [0, 0.05) is 5.56 Å². The van der Waals surface area contributed by atoms with Gasteiger partial charge in [-0.05, 0) is 48.6 Å². The predicted octanol–water partition coefficient (Wildman–Crippen LogP) is 9.36. The monoisotopic (exact) mass is 488 g/mol. The molecule has 0 saturated heterocycles. The van der Waals surface area contributed by atoms with E-state index in [-0.39, 0.29) is 22.4 Å². The minimum Gasteiger partial charge on any atom is -0.490 e. The second-order valence-electron chi connectivity index (χ2n) is 9.41. The summed E-state index contributed by atoms with van der Waals surface area (Å²) in [5, 5.41) is 9.63. The number of carboxylic acid groups (broad SMARTS) is 1. The van der Waals surface area contributed by atoms with Crippen molar-refractivity contribution in [3.63, 3.8) is 0 Å². The van der Waals surface area contributed by atoms with Gasteiger partial charge in [0.15, 0.2) is 11.6 Å². The third-order valence-electron chi connectivity index (χ3n) is 6.48. The zero-order valence-electron chi connectivity index (χ0n) is 21.5. The molecule has 0 bridgehead atoms. The van der Waals surface area contributed by atoms with Crippen LogP contribution in [0.4, 0.5) is 8.78 Å². The quantitative estimate of drug-likeness (QED) is 0.213. The summed E-state index contributed by atoms with van der Waals surface area (Å²) in [7, 11) is 0. The van der Waals surface area contributed by atoms with Crippen LogP contribution in [0.2, 0.25) is 0 Å². The molecule has 0 aliphatic heterocycles. The lowest BCUT2D eigenvalue weighted by atomic mass is 9.94. The van der Waals surface area contributed by atoms with Crippen LogP contribution in [0.1, 0.15) is 113 Å². The van der Waals surface area contributed by atoms with Gasteiger partial charge in [-0.15, -0.1) is 0 Å². The molecular formula is C30H42F2O3.